The summed E-state index contributed by atoms with van der Waals surface area (Å²) < 4.78 is 5.83. The third-order valence-electron chi connectivity index (χ3n) is 4.59. The molecule has 1 atom stereocenters. The number of rotatable bonds is 5. The number of carbonyl (C=O) groups is 2. The number of benzene rings is 3. The lowest BCUT2D eigenvalue weighted by Crippen LogP contribution is -2.31. The molecule has 0 aliphatic rings. The molecule has 140 valence electrons. The van der Waals surface area contributed by atoms with Gasteiger partial charge in [-0.15, -0.1) is 0 Å². The second-order valence-electron chi connectivity index (χ2n) is 6.61. The topological polar surface area (TPSA) is 97.4 Å². The molecule has 4 rings (SSSR count). The number of furan rings is 1. The monoisotopic (exact) mass is 373 g/mol. The lowest BCUT2D eigenvalue weighted by Gasteiger charge is -2.15. The highest BCUT2D eigenvalue weighted by molar-refractivity contribution is 6.06. The number of para-hydroxylation sites is 1. The first-order chi connectivity index (χ1) is 13.5. The Kier molecular flexibility index (Phi) is 4.45. The van der Waals surface area contributed by atoms with Crippen LogP contribution in [0.5, 0.6) is 0 Å². The fraction of sp³-hybridized carbons (Fsp3) is 0.0909. The summed E-state index contributed by atoms with van der Waals surface area (Å²) in [7, 11) is 0. The third kappa shape index (κ3) is 3.40. The predicted octanol–water partition coefficient (Wildman–Crippen LogP) is 4.12. The molecule has 0 saturated carbocycles. The van der Waals surface area contributed by atoms with E-state index in [1.54, 1.807) is 31.2 Å². The molecule has 2 amide bonds. The molecule has 0 spiro atoms. The van der Waals surface area contributed by atoms with Gasteiger partial charge in [-0.1, -0.05) is 18.2 Å². The van der Waals surface area contributed by atoms with E-state index in [1.807, 2.05) is 42.5 Å². The molecule has 4 N–H and O–H groups in total. The summed E-state index contributed by atoms with van der Waals surface area (Å²) in [6, 6.07) is 19.6. The lowest BCUT2D eigenvalue weighted by atomic mass is 10.1. The normalized spacial score (nSPS) is 12.0. The van der Waals surface area contributed by atoms with Crippen LogP contribution in [-0.4, -0.2) is 17.9 Å². The number of nitrogens with one attached hydrogen (secondary N) is 2. The van der Waals surface area contributed by atoms with Crippen LogP contribution in [0.25, 0.3) is 21.9 Å². The molecule has 0 aliphatic carbocycles. The van der Waals surface area contributed by atoms with Crippen molar-refractivity contribution < 1.29 is 14.0 Å². The van der Waals surface area contributed by atoms with Gasteiger partial charge in [0.25, 0.3) is 0 Å². The molecule has 4 aromatic rings. The highest BCUT2D eigenvalue weighted by Crippen LogP contribution is 2.30. The minimum absolute atomic E-state index is 0.191. The van der Waals surface area contributed by atoms with Gasteiger partial charge in [0, 0.05) is 27.7 Å². The van der Waals surface area contributed by atoms with E-state index in [0.717, 1.165) is 27.6 Å². The number of hydrogen-bond donors (Lipinski definition) is 3. The van der Waals surface area contributed by atoms with Gasteiger partial charge in [0.05, 0.1) is 0 Å². The zero-order chi connectivity index (χ0) is 19.7. The number of primary amides is 1. The van der Waals surface area contributed by atoms with Crippen molar-refractivity contribution in [2.24, 2.45) is 5.73 Å². The van der Waals surface area contributed by atoms with Gasteiger partial charge in [-0.25, -0.2) is 0 Å². The summed E-state index contributed by atoms with van der Waals surface area (Å²) in [5.41, 5.74) is 8.68. The first-order valence-corrected chi connectivity index (χ1v) is 8.90. The number of nitrogens with two attached hydrogens (primary N) is 1. The highest BCUT2D eigenvalue weighted by atomic mass is 16.3. The van der Waals surface area contributed by atoms with Crippen LogP contribution in [0.3, 0.4) is 0 Å². The van der Waals surface area contributed by atoms with Gasteiger partial charge in [0.1, 0.15) is 17.2 Å². The van der Waals surface area contributed by atoms with E-state index in [9.17, 15) is 9.59 Å². The molecule has 0 bridgehead atoms. The summed E-state index contributed by atoms with van der Waals surface area (Å²) in [4.78, 5) is 23.6. The van der Waals surface area contributed by atoms with Gasteiger partial charge in [-0.3, -0.25) is 9.59 Å². The predicted molar refractivity (Wildman–Crippen MR) is 110 cm³/mol. The van der Waals surface area contributed by atoms with E-state index in [1.165, 1.54) is 0 Å². The van der Waals surface area contributed by atoms with Crippen LogP contribution in [0, 0.1) is 0 Å². The van der Waals surface area contributed by atoms with E-state index < -0.39 is 11.9 Å². The Morgan fingerprint density at radius 2 is 1.57 bits per heavy atom. The smallest absolute Gasteiger partial charge is 0.248 e. The zero-order valence-corrected chi connectivity index (χ0v) is 15.2. The Balaban J connectivity index is 1.49. The van der Waals surface area contributed by atoms with E-state index in [-0.39, 0.29) is 5.91 Å². The minimum Gasteiger partial charge on any atom is -0.456 e. The molecular formula is C22H19N3O3. The van der Waals surface area contributed by atoms with E-state index in [2.05, 4.69) is 10.6 Å². The summed E-state index contributed by atoms with van der Waals surface area (Å²) >= 11 is 0. The van der Waals surface area contributed by atoms with E-state index in [0.29, 0.717) is 11.3 Å². The molecule has 1 unspecified atom stereocenters. The highest BCUT2D eigenvalue weighted by Gasteiger charge is 2.14. The standard InChI is InChI=1S/C22H19N3O3/c1-13(22(27)25-15-8-6-14(7-9-15)21(23)26)24-16-10-11-20-18(12-16)17-4-2-3-5-19(17)28-20/h2-13,24H,1H3,(H2,23,26)(H,25,27). The van der Waals surface area contributed by atoms with Crippen LogP contribution in [0.4, 0.5) is 11.4 Å². The fourth-order valence-corrected chi connectivity index (χ4v) is 3.10. The number of amides is 2. The molecule has 1 heterocycles. The van der Waals surface area contributed by atoms with Crippen LogP contribution in [0.2, 0.25) is 0 Å². The average Bonchev–Trinajstić information content (AvgIpc) is 3.06. The Hall–Kier alpha value is -3.80. The molecule has 1 aromatic heterocycles. The number of anilines is 2. The second-order valence-corrected chi connectivity index (χ2v) is 6.61. The number of hydrogen-bond acceptors (Lipinski definition) is 4. The van der Waals surface area contributed by atoms with Crippen molar-refractivity contribution >= 4 is 45.1 Å². The summed E-state index contributed by atoms with van der Waals surface area (Å²) in [5, 5.41) is 8.06. The molecule has 0 fully saturated rings. The largest absolute Gasteiger partial charge is 0.456 e. The number of carbonyl (C=O) groups excluding carboxylic acids is 2. The summed E-state index contributed by atoms with van der Waals surface area (Å²) in [5.74, 6) is -0.695. The van der Waals surface area contributed by atoms with Crippen molar-refractivity contribution in [3.05, 3.63) is 72.3 Å². The molecule has 6 nitrogen and oxygen atoms in total. The van der Waals surface area contributed by atoms with Crippen molar-refractivity contribution in [3.8, 4) is 0 Å². The summed E-state index contributed by atoms with van der Waals surface area (Å²) in [6.07, 6.45) is 0. The van der Waals surface area contributed by atoms with Gasteiger partial charge in [-0.2, -0.15) is 0 Å². The quantitative estimate of drug-likeness (QED) is 0.490. The van der Waals surface area contributed by atoms with Crippen molar-refractivity contribution in [2.45, 2.75) is 13.0 Å². The second kappa shape index (κ2) is 7.08. The maximum absolute atomic E-state index is 12.5. The lowest BCUT2D eigenvalue weighted by molar-refractivity contribution is -0.116. The minimum atomic E-state index is -0.505. The maximum Gasteiger partial charge on any atom is 0.248 e. The van der Waals surface area contributed by atoms with Gasteiger partial charge in [-0.05, 0) is 55.5 Å². The SMILES string of the molecule is CC(Nc1ccc2oc3ccccc3c2c1)C(=O)Nc1ccc(C(N)=O)cc1. The van der Waals surface area contributed by atoms with Gasteiger partial charge in [0.15, 0.2) is 0 Å². The van der Waals surface area contributed by atoms with Crippen LogP contribution in [-0.2, 0) is 4.79 Å². The van der Waals surface area contributed by atoms with Crippen molar-refractivity contribution in [3.63, 3.8) is 0 Å². The first kappa shape index (κ1) is 17.6. The summed E-state index contributed by atoms with van der Waals surface area (Å²) in [6.45, 7) is 1.78. The Morgan fingerprint density at radius 1 is 0.893 bits per heavy atom. The molecule has 6 heteroatoms. The van der Waals surface area contributed by atoms with Gasteiger partial charge < -0.3 is 20.8 Å². The van der Waals surface area contributed by atoms with Crippen LogP contribution in [0.15, 0.2) is 71.1 Å². The zero-order valence-electron chi connectivity index (χ0n) is 15.2. The average molecular weight is 373 g/mol. The van der Waals surface area contributed by atoms with Crippen LogP contribution < -0.4 is 16.4 Å². The van der Waals surface area contributed by atoms with E-state index in [4.69, 9.17) is 10.2 Å². The third-order valence-corrected chi connectivity index (χ3v) is 4.59. The Labute approximate surface area is 161 Å². The van der Waals surface area contributed by atoms with E-state index >= 15 is 0 Å². The molecule has 0 aliphatic heterocycles. The Morgan fingerprint density at radius 3 is 2.32 bits per heavy atom. The molecule has 3 aromatic carbocycles. The molecular weight excluding hydrogens is 354 g/mol. The van der Waals surface area contributed by atoms with Crippen LogP contribution in [0.1, 0.15) is 17.3 Å². The first-order valence-electron chi connectivity index (χ1n) is 8.90. The molecule has 0 saturated heterocycles. The van der Waals surface area contributed by atoms with Gasteiger partial charge in [0.2, 0.25) is 11.8 Å². The fourth-order valence-electron chi connectivity index (χ4n) is 3.10. The van der Waals surface area contributed by atoms with Crippen molar-refractivity contribution in [1.29, 1.82) is 0 Å². The van der Waals surface area contributed by atoms with Gasteiger partial charge >= 0.3 is 0 Å². The molecule has 28 heavy (non-hydrogen) atoms. The number of fused-ring (bicyclic) bond motifs is 3. The maximum atomic E-state index is 12.5. The van der Waals surface area contributed by atoms with Crippen molar-refractivity contribution in [2.75, 3.05) is 10.6 Å². The van der Waals surface area contributed by atoms with Crippen molar-refractivity contribution in [1.82, 2.24) is 0 Å². The molecule has 0 radical (unpaired) electrons. The van der Waals surface area contributed by atoms with Crippen LogP contribution >= 0.6 is 0 Å². The Bertz CT molecular complexity index is 1180.